The van der Waals surface area contributed by atoms with Crippen molar-refractivity contribution in [2.75, 3.05) is 6.54 Å². The molecule has 1 aliphatic rings. The second-order valence-electron chi connectivity index (χ2n) is 5.68. The van der Waals surface area contributed by atoms with E-state index in [1.54, 1.807) is 0 Å². The van der Waals surface area contributed by atoms with Gasteiger partial charge in [-0.25, -0.2) is 4.98 Å². The van der Waals surface area contributed by atoms with Crippen LogP contribution in [0, 0.1) is 19.8 Å². The zero-order valence-corrected chi connectivity index (χ0v) is 12.5. The van der Waals surface area contributed by atoms with E-state index >= 15 is 0 Å². The third kappa shape index (κ3) is 2.63. The average molecular weight is 273 g/mol. The Morgan fingerprint density at radius 3 is 2.85 bits per heavy atom. The molecule has 1 aliphatic carbocycles. The van der Waals surface area contributed by atoms with Crippen LogP contribution < -0.4 is 5.32 Å². The van der Waals surface area contributed by atoms with Crippen LogP contribution in [-0.2, 0) is 13.1 Å². The minimum Gasteiger partial charge on any atom is -0.341 e. The van der Waals surface area contributed by atoms with Gasteiger partial charge in [0.1, 0.15) is 5.82 Å². The van der Waals surface area contributed by atoms with E-state index in [4.69, 9.17) is 0 Å². The summed E-state index contributed by atoms with van der Waals surface area (Å²) in [5, 5.41) is 8.02. The molecule has 0 aliphatic heterocycles. The number of aromatic amines is 1. The fraction of sp³-hybridized carbons (Fsp3) is 0.600. The van der Waals surface area contributed by atoms with Gasteiger partial charge in [-0.2, -0.15) is 5.10 Å². The molecule has 20 heavy (non-hydrogen) atoms. The van der Waals surface area contributed by atoms with E-state index in [0.717, 1.165) is 42.8 Å². The molecule has 0 radical (unpaired) electrons. The summed E-state index contributed by atoms with van der Waals surface area (Å²) in [4.78, 5) is 7.89. The largest absolute Gasteiger partial charge is 0.341 e. The molecular weight excluding hydrogens is 250 g/mol. The number of nitrogens with zero attached hydrogens (tertiary/aromatic N) is 3. The highest BCUT2D eigenvalue weighted by molar-refractivity contribution is 5.64. The van der Waals surface area contributed by atoms with Gasteiger partial charge in [-0.1, -0.05) is 0 Å². The van der Waals surface area contributed by atoms with Gasteiger partial charge in [0.2, 0.25) is 0 Å². The summed E-state index contributed by atoms with van der Waals surface area (Å²) in [6.45, 7) is 9.11. The van der Waals surface area contributed by atoms with Gasteiger partial charge < -0.3 is 10.3 Å². The van der Waals surface area contributed by atoms with E-state index in [9.17, 15) is 0 Å². The summed E-state index contributed by atoms with van der Waals surface area (Å²) in [6.07, 6.45) is 4.68. The molecule has 0 atom stereocenters. The number of imidazole rings is 1. The molecule has 0 aromatic carbocycles. The van der Waals surface area contributed by atoms with Gasteiger partial charge in [-0.3, -0.25) is 4.68 Å². The Labute approximate surface area is 119 Å². The predicted octanol–water partition coefficient (Wildman–Crippen LogP) is 2.41. The van der Waals surface area contributed by atoms with Gasteiger partial charge in [0.25, 0.3) is 0 Å². The number of nitrogens with one attached hydrogen (secondary N) is 2. The molecule has 0 saturated heterocycles. The lowest BCUT2D eigenvalue weighted by atomic mass is 10.1. The number of hydrogen-bond acceptors (Lipinski definition) is 3. The molecule has 1 fully saturated rings. The maximum Gasteiger partial charge on any atom is 0.120 e. The van der Waals surface area contributed by atoms with Crippen LogP contribution in [0.5, 0.6) is 0 Å². The van der Waals surface area contributed by atoms with E-state index in [1.165, 1.54) is 24.1 Å². The molecular formula is C15H23N5. The molecule has 108 valence electrons. The van der Waals surface area contributed by atoms with E-state index < -0.39 is 0 Å². The van der Waals surface area contributed by atoms with Gasteiger partial charge in [0.05, 0.1) is 24.1 Å². The molecule has 2 aromatic heterocycles. The van der Waals surface area contributed by atoms with E-state index in [2.05, 4.69) is 41.2 Å². The molecule has 0 spiro atoms. The maximum atomic E-state index is 4.56. The summed E-state index contributed by atoms with van der Waals surface area (Å²) in [7, 11) is 0. The number of H-pyrrole nitrogens is 1. The van der Waals surface area contributed by atoms with E-state index in [0.29, 0.717) is 0 Å². The smallest absolute Gasteiger partial charge is 0.120 e. The summed E-state index contributed by atoms with van der Waals surface area (Å²) in [6, 6.07) is 0. The zero-order chi connectivity index (χ0) is 14.1. The zero-order valence-electron chi connectivity index (χ0n) is 12.5. The molecule has 5 nitrogen and oxygen atoms in total. The topological polar surface area (TPSA) is 58.5 Å². The van der Waals surface area contributed by atoms with Crippen LogP contribution in [-0.4, -0.2) is 26.3 Å². The van der Waals surface area contributed by atoms with Crippen molar-refractivity contribution in [3.63, 3.8) is 0 Å². The molecule has 3 rings (SSSR count). The summed E-state index contributed by atoms with van der Waals surface area (Å²) in [5.41, 5.74) is 4.52. The minimum atomic E-state index is 0.816. The quantitative estimate of drug-likeness (QED) is 0.849. The highest BCUT2D eigenvalue weighted by atomic mass is 15.3. The lowest BCUT2D eigenvalue weighted by Gasteiger charge is -2.01. The van der Waals surface area contributed by atoms with Gasteiger partial charge >= 0.3 is 0 Å². The van der Waals surface area contributed by atoms with Crippen LogP contribution in [0.15, 0.2) is 6.20 Å². The molecule has 0 amide bonds. The monoisotopic (exact) mass is 273 g/mol. The van der Waals surface area contributed by atoms with Gasteiger partial charge in [-0.05, 0) is 46.1 Å². The minimum absolute atomic E-state index is 0.816. The second kappa shape index (κ2) is 5.40. The fourth-order valence-corrected chi connectivity index (χ4v) is 2.69. The average Bonchev–Trinajstić information content (AvgIpc) is 3.06. The number of rotatable bonds is 6. The Kier molecular flexibility index (Phi) is 3.61. The number of aryl methyl sites for hydroxylation is 2. The molecule has 2 heterocycles. The van der Waals surface area contributed by atoms with E-state index in [1.807, 2.05) is 10.9 Å². The summed E-state index contributed by atoms with van der Waals surface area (Å²) < 4.78 is 2.04. The van der Waals surface area contributed by atoms with Crippen LogP contribution in [0.1, 0.15) is 37.0 Å². The summed E-state index contributed by atoms with van der Waals surface area (Å²) in [5.74, 6) is 1.90. The summed E-state index contributed by atoms with van der Waals surface area (Å²) >= 11 is 0. The Bertz CT molecular complexity index is 591. The molecule has 2 aromatic rings. The predicted molar refractivity (Wildman–Crippen MR) is 79.4 cm³/mol. The van der Waals surface area contributed by atoms with Gasteiger partial charge in [0, 0.05) is 17.8 Å². The van der Waals surface area contributed by atoms with Crippen molar-refractivity contribution in [3.05, 3.63) is 23.4 Å². The third-order valence-electron chi connectivity index (χ3n) is 4.00. The van der Waals surface area contributed by atoms with Crippen molar-refractivity contribution in [2.45, 2.75) is 46.7 Å². The highest BCUT2D eigenvalue weighted by Gasteiger charge is 2.20. The standard InChI is InChI=1S/C15H23N5/c1-4-20-11(3)15(10(2)19-20)13-8-17-14(18-13)9-16-7-12-5-6-12/h8,12,16H,4-7,9H2,1-3H3,(H,17,18). The lowest BCUT2D eigenvalue weighted by molar-refractivity contribution is 0.623. The normalized spacial score (nSPS) is 14.9. The first-order chi connectivity index (χ1) is 9.69. The SMILES string of the molecule is CCn1nc(C)c(-c2cnc(CNCC3CC3)[nH]2)c1C. The van der Waals surface area contributed by atoms with Crippen molar-refractivity contribution in [2.24, 2.45) is 5.92 Å². The van der Waals surface area contributed by atoms with Crippen LogP contribution in [0.4, 0.5) is 0 Å². The Morgan fingerprint density at radius 2 is 2.20 bits per heavy atom. The number of hydrogen-bond donors (Lipinski definition) is 2. The fourth-order valence-electron chi connectivity index (χ4n) is 2.69. The van der Waals surface area contributed by atoms with Gasteiger partial charge in [0.15, 0.2) is 0 Å². The first-order valence-corrected chi connectivity index (χ1v) is 7.48. The van der Waals surface area contributed by atoms with E-state index in [-0.39, 0.29) is 0 Å². The third-order valence-corrected chi connectivity index (χ3v) is 4.00. The first kappa shape index (κ1) is 13.4. The maximum absolute atomic E-state index is 4.56. The molecule has 0 bridgehead atoms. The highest BCUT2D eigenvalue weighted by Crippen LogP contribution is 2.28. The molecule has 1 saturated carbocycles. The van der Waals surface area contributed by atoms with Gasteiger partial charge in [-0.15, -0.1) is 0 Å². The second-order valence-corrected chi connectivity index (χ2v) is 5.68. The van der Waals surface area contributed by atoms with Crippen LogP contribution in [0.25, 0.3) is 11.3 Å². The van der Waals surface area contributed by atoms with Crippen molar-refractivity contribution in [1.29, 1.82) is 0 Å². The lowest BCUT2D eigenvalue weighted by Crippen LogP contribution is -2.16. The van der Waals surface area contributed by atoms with Crippen molar-refractivity contribution in [3.8, 4) is 11.3 Å². The Morgan fingerprint density at radius 1 is 1.40 bits per heavy atom. The molecule has 0 unspecified atom stereocenters. The van der Waals surface area contributed by atoms with Crippen molar-refractivity contribution >= 4 is 0 Å². The number of aromatic nitrogens is 4. The molecule has 2 N–H and O–H groups in total. The first-order valence-electron chi connectivity index (χ1n) is 7.48. The van der Waals surface area contributed by atoms with Crippen LogP contribution >= 0.6 is 0 Å². The Balaban J connectivity index is 1.73. The van der Waals surface area contributed by atoms with Crippen molar-refractivity contribution < 1.29 is 0 Å². The molecule has 5 heteroatoms. The van der Waals surface area contributed by atoms with Crippen molar-refractivity contribution in [1.82, 2.24) is 25.1 Å². The van der Waals surface area contributed by atoms with Crippen LogP contribution in [0.2, 0.25) is 0 Å². The Hall–Kier alpha value is -1.62. The van der Waals surface area contributed by atoms with Crippen LogP contribution in [0.3, 0.4) is 0 Å².